The van der Waals surface area contributed by atoms with Gasteiger partial charge in [0.1, 0.15) is 11.5 Å². The number of furan rings is 1. The molecule has 25 heavy (non-hydrogen) atoms. The van der Waals surface area contributed by atoms with Gasteiger partial charge in [0.05, 0.1) is 13.2 Å². The Balaban J connectivity index is 1.84. The van der Waals surface area contributed by atoms with E-state index in [-0.39, 0.29) is 17.5 Å². The fourth-order valence-corrected chi connectivity index (χ4v) is 2.85. The number of carbonyl (C=O) groups excluding carboxylic acids is 2. The normalized spacial score (nSPS) is 15.1. The van der Waals surface area contributed by atoms with Crippen LogP contribution in [0.3, 0.4) is 0 Å². The highest BCUT2D eigenvalue weighted by atomic mass is 127. The molecule has 0 aliphatic carbocycles. The predicted molar refractivity (Wildman–Crippen MR) is 101 cm³/mol. The van der Waals surface area contributed by atoms with Crippen molar-refractivity contribution < 1.29 is 18.7 Å². The van der Waals surface area contributed by atoms with Gasteiger partial charge in [-0.1, -0.05) is 18.2 Å². The van der Waals surface area contributed by atoms with Crippen molar-refractivity contribution in [2.45, 2.75) is 0 Å². The number of nitrogens with one attached hydrogen (secondary N) is 1. The van der Waals surface area contributed by atoms with Crippen molar-refractivity contribution in [1.82, 2.24) is 10.2 Å². The van der Waals surface area contributed by atoms with E-state index in [1.54, 1.807) is 47.4 Å². The second-order valence-electron chi connectivity index (χ2n) is 5.42. The quantitative estimate of drug-likeness (QED) is 0.572. The van der Waals surface area contributed by atoms with E-state index in [9.17, 15) is 9.59 Å². The average Bonchev–Trinajstić information content (AvgIpc) is 3.07. The van der Waals surface area contributed by atoms with Crippen molar-refractivity contribution >= 4 is 40.5 Å². The van der Waals surface area contributed by atoms with Crippen LogP contribution in [0.15, 0.2) is 52.6 Å². The third-order valence-corrected chi connectivity index (χ3v) is 4.27. The minimum atomic E-state index is -0.338. The van der Waals surface area contributed by atoms with Crippen LogP contribution in [-0.4, -0.2) is 43.0 Å². The third kappa shape index (κ3) is 4.70. The van der Waals surface area contributed by atoms with Crippen molar-refractivity contribution in [1.29, 1.82) is 0 Å². The van der Waals surface area contributed by atoms with Crippen molar-refractivity contribution in [2.75, 3.05) is 26.3 Å². The number of nitrogens with zero attached hydrogens (tertiary/aromatic N) is 1. The van der Waals surface area contributed by atoms with Gasteiger partial charge in [0.15, 0.2) is 3.77 Å². The van der Waals surface area contributed by atoms with Gasteiger partial charge < -0.3 is 19.4 Å². The number of rotatable bonds is 4. The molecule has 1 aliphatic rings. The van der Waals surface area contributed by atoms with Crippen LogP contribution in [0.4, 0.5) is 0 Å². The number of morpholine rings is 1. The van der Waals surface area contributed by atoms with E-state index in [2.05, 4.69) is 5.32 Å². The molecule has 7 heteroatoms. The summed E-state index contributed by atoms with van der Waals surface area (Å²) in [6.45, 7) is 1.97. The van der Waals surface area contributed by atoms with E-state index in [1.165, 1.54) is 0 Å². The predicted octanol–water partition coefficient (Wildman–Crippen LogP) is 2.51. The van der Waals surface area contributed by atoms with Gasteiger partial charge in [0.25, 0.3) is 11.8 Å². The first-order valence-corrected chi connectivity index (χ1v) is 8.92. The molecule has 130 valence electrons. The summed E-state index contributed by atoms with van der Waals surface area (Å²) in [6.07, 6.45) is 1.56. The maximum absolute atomic E-state index is 12.8. The third-order valence-electron chi connectivity index (χ3n) is 3.69. The van der Waals surface area contributed by atoms with Gasteiger partial charge in [-0.25, -0.2) is 0 Å². The molecule has 1 saturated heterocycles. The Bertz CT molecular complexity index is 779. The fourth-order valence-electron chi connectivity index (χ4n) is 2.42. The summed E-state index contributed by atoms with van der Waals surface area (Å²) in [4.78, 5) is 26.9. The molecule has 1 fully saturated rings. The van der Waals surface area contributed by atoms with E-state index >= 15 is 0 Å². The Labute approximate surface area is 159 Å². The molecule has 0 spiro atoms. The average molecular weight is 452 g/mol. The summed E-state index contributed by atoms with van der Waals surface area (Å²) in [5.41, 5.74) is 0.665. The number of hydrogen-bond donors (Lipinski definition) is 1. The number of ether oxygens (including phenoxy) is 1. The van der Waals surface area contributed by atoms with E-state index < -0.39 is 0 Å². The SMILES string of the molecule is O=C(NC(=Cc1ccc(I)o1)C(=O)N1CCOCC1)c1ccccc1. The minimum absolute atomic E-state index is 0.182. The van der Waals surface area contributed by atoms with Crippen LogP contribution < -0.4 is 5.32 Å². The van der Waals surface area contributed by atoms with Crippen LogP contribution in [0, 0.1) is 3.77 Å². The molecule has 2 aromatic rings. The van der Waals surface area contributed by atoms with Crippen molar-refractivity contribution in [3.05, 3.63) is 63.3 Å². The topological polar surface area (TPSA) is 71.8 Å². The van der Waals surface area contributed by atoms with Crippen LogP contribution in [0.1, 0.15) is 16.1 Å². The number of benzene rings is 1. The zero-order valence-corrected chi connectivity index (χ0v) is 15.6. The van der Waals surface area contributed by atoms with Crippen molar-refractivity contribution in [3.63, 3.8) is 0 Å². The van der Waals surface area contributed by atoms with E-state index in [1.807, 2.05) is 28.7 Å². The highest BCUT2D eigenvalue weighted by Gasteiger charge is 2.23. The molecule has 0 unspecified atom stereocenters. The van der Waals surface area contributed by atoms with Gasteiger partial charge in [-0.05, 0) is 46.9 Å². The maximum Gasteiger partial charge on any atom is 0.270 e. The molecular formula is C18H17IN2O4. The van der Waals surface area contributed by atoms with Gasteiger partial charge >= 0.3 is 0 Å². The number of amides is 2. The summed E-state index contributed by atoms with van der Waals surface area (Å²) in [5.74, 6) is -0.0805. The summed E-state index contributed by atoms with van der Waals surface area (Å²) in [6, 6.07) is 12.3. The lowest BCUT2D eigenvalue weighted by molar-refractivity contribution is -0.131. The molecule has 0 radical (unpaired) electrons. The van der Waals surface area contributed by atoms with Gasteiger partial charge in [0.2, 0.25) is 0 Å². The molecule has 1 aliphatic heterocycles. The molecule has 3 rings (SSSR count). The second-order valence-corrected chi connectivity index (χ2v) is 6.49. The summed E-state index contributed by atoms with van der Waals surface area (Å²) in [7, 11) is 0. The standard InChI is InChI=1S/C18H17IN2O4/c19-16-7-6-14(25-16)12-15(18(23)21-8-10-24-11-9-21)20-17(22)13-4-2-1-3-5-13/h1-7,12H,8-11H2,(H,20,22). The largest absolute Gasteiger partial charge is 0.451 e. The zero-order chi connectivity index (χ0) is 17.6. The summed E-state index contributed by atoms with van der Waals surface area (Å²) in [5, 5.41) is 2.72. The van der Waals surface area contributed by atoms with Crippen LogP contribution in [0.2, 0.25) is 0 Å². The molecule has 0 bridgehead atoms. The molecule has 1 aromatic heterocycles. The van der Waals surface area contributed by atoms with Crippen LogP contribution >= 0.6 is 22.6 Å². The van der Waals surface area contributed by atoms with Gasteiger partial charge in [-0.2, -0.15) is 0 Å². The van der Waals surface area contributed by atoms with Gasteiger partial charge in [0, 0.05) is 24.7 Å². The minimum Gasteiger partial charge on any atom is -0.451 e. The molecule has 2 heterocycles. The van der Waals surface area contributed by atoms with Crippen LogP contribution in [0.5, 0.6) is 0 Å². The molecule has 2 amide bonds. The number of carbonyl (C=O) groups is 2. The van der Waals surface area contributed by atoms with E-state index in [4.69, 9.17) is 9.15 Å². The van der Waals surface area contributed by atoms with E-state index in [0.29, 0.717) is 41.4 Å². The molecule has 0 atom stereocenters. The molecule has 1 aromatic carbocycles. The lowest BCUT2D eigenvalue weighted by Gasteiger charge is -2.27. The number of hydrogen-bond acceptors (Lipinski definition) is 4. The molecular weight excluding hydrogens is 435 g/mol. The first kappa shape index (κ1) is 17.7. The van der Waals surface area contributed by atoms with Crippen molar-refractivity contribution in [3.8, 4) is 0 Å². The molecule has 0 saturated carbocycles. The lowest BCUT2D eigenvalue weighted by Crippen LogP contribution is -2.44. The summed E-state index contributed by atoms with van der Waals surface area (Å²) >= 11 is 2.05. The Kier molecular flexibility index (Phi) is 5.87. The lowest BCUT2D eigenvalue weighted by atomic mass is 10.2. The van der Waals surface area contributed by atoms with Crippen LogP contribution in [-0.2, 0) is 9.53 Å². The smallest absolute Gasteiger partial charge is 0.270 e. The molecule has 6 nitrogen and oxygen atoms in total. The fraction of sp³-hybridized carbons (Fsp3) is 0.222. The van der Waals surface area contributed by atoms with Gasteiger partial charge in [-0.3, -0.25) is 9.59 Å². The van der Waals surface area contributed by atoms with Crippen molar-refractivity contribution in [2.24, 2.45) is 0 Å². The Hall–Kier alpha value is -2.13. The molecule has 1 N–H and O–H groups in total. The van der Waals surface area contributed by atoms with E-state index in [0.717, 1.165) is 0 Å². The zero-order valence-electron chi connectivity index (χ0n) is 13.4. The monoisotopic (exact) mass is 452 g/mol. The highest BCUT2D eigenvalue weighted by molar-refractivity contribution is 14.1. The summed E-state index contributed by atoms with van der Waals surface area (Å²) < 4.78 is 11.5. The Morgan fingerprint density at radius 3 is 2.44 bits per heavy atom. The first-order chi connectivity index (χ1) is 12.1. The first-order valence-electron chi connectivity index (χ1n) is 7.84. The highest BCUT2D eigenvalue weighted by Crippen LogP contribution is 2.15. The maximum atomic E-state index is 12.8. The van der Waals surface area contributed by atoms with Crippen LogP contribution in [0.25, 0.3) is 6.08 Å². The second kappa shape index (κ2) is 8.30. The Morgan fingerprint density at radius 1 is 1.08 bits per heavy atom. The Morgan fingerprint density at radius 2 is 1.80 bits per heavy atom. The number of halogens is 1. The van der Waals surface area contributed by atoms with Gasteiger partial charge in [-0.15, -0.1) is 0 Å².